The fraction of sp³-hybridized carbons (Fsp3) is 0.951. The molecule has 0 saturated carbocycles. The van der Waals surface area contributed by atoms with Crippen molar-refractivity contribution in [3.8, 4) is 0 Å². The third-order valence-corrected chi connectivity index (χ3v) is 16.8. The Hall–Kier alpha value is -0.930. The molecule has 0 aliphatic carbocycles. The number of nitrogens with zero attached hydrogens (tertiary/aromatic N) is 2. The van der Waals surface area contributed by atoms with E-state index >= 15 is 0 Å². The van der Waals surface area contributed by atoms with Crippen molar-refractivity contribution in [2.75, 3.05) is 38.7 Å². The quantitative estimate of drug-likeness (QED) is 0.0339. The topological polar surface area (TPSA) is 76.2 Å². The first-order valence-corrected chi connectivity index (χ1v) is 33.3. The van der Waals surface area contributed by atoms with E-state index in [2.05, 4.69) is 58.5 Å². The highest BCUT2D eigenvalue weighted by Gasteiger charge is 2.23. The van der Waals surface area contributed by atoms with Gasteiger partial charge in [0.25, 0.3) is 0 Å². The highest BCUT2D eigenvalue weighted by Crippen LogP contribution is 2.26. The van der Waals surface area contributed by atoms with Gasteiger partial charge in [0.2, 0.25) is 5.91 Å². The largest absolute Gasteiger partial charge is 0.462 e. The summed E-state index contributed by atoms with van der Waals surface area (Å²) in [4.78, 5) is 44.4. The van der Waals surface area contributed by atoms with E-state index in [4.69, 9.17) is 9.47 Å². The number of hydrogen-bond acceptors (Lipinski definition) is 8. The van der Waals surface area contributed by atoms with Crippen molar-refractivity contribution in [1.82, 2.24) is 9.80 Å². The van der Waals surface area contributed by atoms with Gasteiger partial charge >= 0.3 is 11.9 Å². The van der Waals surface area contributed by atoms with Crippen LogP contribution in [0.1, 0.15) is 317 Å². The van der Waals surface area contributed by atoms with Crippen molar-refractivity contribution in [3.05, 3.63) is 0 Å². The molecule has 416 valence electrons. The Morgan fingerprint density at radius 3 is 1.09 bits per heavy atom. The standard InChI is InChI=1S/C61H120N2O5S2/c1-8-13-18-23-32-41-54-69-70-55-51-59(64)63(53-42-52-62(6)7)56(43-33-28-24-26-30-39-49-60(65)67-57(45-35-19-14-9-2)46-36-20-15-10-3)44-34-29-25-27-31-40-50-61(66)68-58(47-37-21-16-11-4)48-38-22-17-12-5/h56-58H,8-55H2,1-7H3. The monoisotopic (exact) mass is 1020 g/mol. The van der Waals surface area contributed by atoms with Crippen LogP contribution >= 0.6 is 21.6 Å². The zero-order chi connectivity index (χ0) is 51.4. The van der Waals surface area contributed by atoms with E-state index in [0.29, 0.717) is 31.2 Å². The highest BCUT2D eigenvalue weighted by molar-refractivity contribution is 8.76. The van der Waals surface area contributed by atoms with Gasteiger partial charge in [0.15, 0.2) is 0 Å². The van der Waals surface area contributed by atoms with Crippen LogP contribution in [-0.2, 0) is 23.9 Å². The Balaban J connectivity index is 5.18. The minimum atomic E-state index is 0.0117. The Kier molecular flexibility index (Phi) is 53.6. The minimum Gasteiger partial charge on any atom is -0.462 e. The van der Waals surface area contributed by atoms with Crippen LogP contribution in [0.4, 0.5) is 0 Å². The second kappa shape index (κ2) is 54.3. The van der Waals surface area contributed by atoms with Gasteiger partial charge in [-0.05, 0) is 111 Å². The van der Waals surface area contributed by atoms with Gasteiger partial charge in [-0.1, -0.05) is 230 Å². The van der Waals surface area contributed by atoms with E-state index in [0.717, 1.165) is 115 Å². The summed E-state index contributed by atoms with van der Waals surface area (Å²) in [5.41, 5.74) is 0. The Bertz CT molecular complexity index is 1050. The number of unbranched alkanes of at least 4 members (excludes halogenated alkanes) is 27. The second-order valence-electron chi connectivity index (χ2n) is 21.5. The van der Waals surface area contributed by atoms with Crippen molar-refractivity contribution in [2.24, 2.45) is 0 Å². The summed E-state index contributed by atoms with van der Waals surface area (Å²) in [6, 6.07) is 0.300. The van der Waals surface area contributed by atoms with Crippen molar-refractivity contribution in [1.29, 1.82) is 0 Å². The number of rotatable bonds is 56. The molecule has 0 bridgehead atoms. The average Bonchev–Trinajstić information content (AvgIpc) is 3.34. The van der Waals surface area contributed by atoms with Crippen LogP contribution in [-0.4, -0.2) is 84.6 Å². The fourth-order valence-corrected chi connectivity index (χ4v) is 11.9. The fourth-order valence-electron chi connectivity index (χ4n) is 9.78. The molecule has 0 atom stereocenters. The Labute approximate surface area is 445 Å². The number of esters is 2. The predicted octanol–water partition coefficient (Wildman–Crippen LogP) is 19.2. The molecule has 0 radical (unpaired) electrons. The van der Waals surface area contributed by atoms with Crippen LogP contribution in [0.25, 0.3) is 0 Å². The van der Waals surface area contributed by atoms with Gasteiger partial charge in [-0.3, -0.25) is 14.4 Å². The normalized spacial score (nSPS) is 11.8. The summed E-state index contributed by atoms with van der Waals surface area (Å²) in [7, 11) is 8.13. The van der Waals surface area contributed by atoms with Crippen LogP contribution in [0.15, 0.2) is 0 Å². The molecule has 0 spiro atoms. The molecular weight excluding hydrogens is 905 g/mol. The molecule has 9 heteroatoms. The number of carbonyl (C=O) groups is 3. The first-order valence-electron chi connectivity index (χ1n) is 30.8. The molecule has 0 aromatic rings. The van der Waals surface area contributed by atoms with Crippen molar-refractivity contribution in [3.63, 3.8) is 0 Å². The summed E-state index contributed by atoms with van der Waals surface area (Å²) in [5.74, 6) is 2.46. The highest BCUT2D eigenvalue weighted by atomic mass is 33.1. The zero-order valence-electron chi connectivity index (χ0n) is 47.9. The molecule has 0 N–H and O–H groups in total. The molecule has 0 fully saturated rings. The van der Waals surface area contributed by atoms with Gasteiger partial charge in [-0.25, -0.2) is 0 Å². The lowest BCUT2D eigenvalue weighted by molar-refractivity contribution is -0.151. The van der Waals surface area contributed by atoms with E-state index in [1.54, 1.807) is 0 Å². The van der Waals surface area contributed by atoms with Gasteiger partial charge < -0.3 is 19.3 Å². The van der Waals surface area contributed by atoms with Crippen LogP contribution < -0.4 is 0 Å². The van der Waals surface area contributed by atoms with Gasteiger partial charge in [0, 0.05) is 43.4 Å². The lowest BCUT2D eigenvalue weighted by atomic mass is 9.98. The minimum absolute atomic E-state index is 0.0117. The van der Waals surface area contributed by atoms with Crippen molar-refractivity contribution >= 4 is 39.4 Å². The molecule has 0 aliphatic rings. The zero-order valence-corrected chi connectivity index (χ0v) is 49.6. The van der Waals surface area contributed by atoms with Crippen LogP contribution in [0.2, 0.25) is 0 Å². The summed E-state index contributed by atoms with van der Waals surface area (Å²) in [5, 5.41) is 0. The van der Waals surface area contributed by atoms with Crippen molar-refractivity contribution in [2.45, 2.75) is 335 Å². The number of hydrogen-bond donors (Lipinski definition) is 0. The molecule has 0 heterocycles. The van der Waals surface area contributed by atoms with Gasteiger partial charge in [0.05, 0.1) is 0 Å². The van der Waals surface area contributed by atoms with E-state index < -0.39 is 0 Å². The van der Waals surface area contributed by atoms with E-state index in [-0.39, 0.29) is 24.1 Å². The maximum absolute atomic E-state index is 14.1. The molecule has 0 saturated heterocycles. The molecule has 70 heavy (non-hydrogen) atoms. The lowest BCUT2D eigenvalue weighted by Crippen LogP contribution is -2.42. The summed E-state index contributed by atoms with van der Waals surface area (Å²) in [6.07, 6.45) is 50.2. The first kappa shape index (κ1) is 69.1. The number of amides is 1. The number of carbonyl (C=O) groups excluding carboxylic acids is 3. The molecule has 0 unspecified atom stereocenters. The SMILES string of the molecule is CCCCCCCCSSCCC(=O)N(CCCN(C)C)C(CCCCCCCCC(=O)OC(CCCCCC)CCCCCC)CCCCCCCCC(=O)OC(CCCCCC)CCCCCC. The molecule has 0 aromatic heterocycles. The Morgan fingerprint density at radius 1 is 0.357 bits per heavy atom. The summed E-state index contributed by atoms with van der Waals surface area (Å²) in [6.45, 7) is 13.1. The second-order valence-corrected chi connectivity index (χ2v) is 24.2. The molecular formula is C61H120N2O5S2. The summed E-state index contributed by atoms with van der Waals surface area (Å²) < 4.78 is 12.1. The smallest absolute Gasteiger partial charge is 0.306 e. The van der Waals surface area contributed by atoms with Gasteiger partial charge in [-0.15, -0.1) is 0 Å². The van der Waals surface area contributed by atoms with Gasteiger partial charge in [0.1, 0.15) is 12.2 Å². The molecule has 0 aromatic carbocycles. The predicted molar refractivity (Wildman–Crippen MR) is 310 cm³/mol. The van der Waals surface area contributed by atoms with Crippen molar-refractivity contribution < 1.29 is 23.9 Å². The average molecular weight is 1030 g/mol. The van der Waals surface area contributed by atoms with E-state index in [1.165, 1.54) is 173 Å². The van der Waals surface area contributed by atoms with E-state index in [9.17, 15) is 14.4 Å². The lowest BCUT2D eigenvalue weighted by Gasteiger charge is -2.33. The molecule has 7 nitrogen and oxygen atoms in total. The van der Waals surface area contributed by atoms with E-state index in [1.807, 2.05) is 21.6 Å². The van der Waals surface area contributed by atoms with Crippen LogP contribution in [0.3, 0.4) is 0 Å². The maximum Gasteiger partial charge on any atom is 0.306 e. The molecule has 1 amide bonds. The van der Waals surface area contributed by atoms with Crippen LogP contribution in [0.5, 0.6) is 0 Å². The first-order chi connectivity index (χ1) is 34.2. The molecule has 0 aliphatic heterocycles. The third kappa shape index (κ3) is 46.8. The van der Waals surface area contributed by atoms with Gasteiger partial charge in [-0.2, -0.15) is 0 Å². The van der Waals surface area contributed by atoms with Crippen LogP contribution in [0, 0.1) is 0 Å². The summed E-state index contributed by atoms with van der Waals surface area (Å²) >= 11 is 0. The third-order valence-electron chi connectivity index (χ3n) is 14.3. The molecule has 0 rings (SSSR count). The Morgan fingerprint density at radius 2 is 0.686 bits per heavy atom. The maximum atomic E-state index is 14.1. The number of ether oxygens (including phenoxy) is 2.